The second-order valence-corrected chi connectivity index (χ2v) is 12.7. The van der Waals surface area contributed by atoms with Gasteiger partial charge in [-0.15, -0.1) is 11.3 Å². The average molecular weight is 597 g/mol. The highest BCUT2D eigenvalue weighted by Gasteiger charge is 2.32. The van der Waals surface area contributed by atoms with Crippen molar-refractivity contribution in [1.29, 1.82) is 0 Å². The van der Waals surface area contributed by atoms with Crippen molar-refractivity contribution in [3.05, 3.63) is 89.2 Å². The zero-order valence-electron chi connectivity index (χ0n) is 23.8. The van der Waals surface area contributed by atoms with Crippen LogP contribution in [0.4, 0.5) is 0 Å². The van der Waals surface area contributed by atoms with Crippen molar-refractivity contribution < 1.29 is 14.6 Å². The van der Waals surface area contributed by atoms with E-state index in [0.717, 1.165) is 59.6 Å². The van der Waals surface area contributed by atoms with E-state index in [9.17, 15) is 9.90 Å². The summed E-state index contributed by atoms with van der Waals surface area (Å²) >= 11 is 7.77. The first-order chi connectivity index (χ1) is 20.0. The molecule has 1 N–H and O–H groups in total. The summed E-state index contributed by atoms with van der Waals surface area (Å²) in [5.41, 5.74) is 6.91. The zero-order chi connectivity index (χ0) is 29.8. The van der Waals surface area contributed by atoms with Gasteiger partial charge in [-0.05, 0) is 87.4 Å². The molecule has 7 nitrogen and oxygen atoms in total. The summed E-state index contributed by atoms with van der Waals surface area (Å²) in [5.74, 6) is -1.04. The van der Waals surface area contributed by atoms with Crippen LogP contribution in [-0.2, 0) is 16.6 Å². The lowest BCUT2D eigenvalue weighted by Gasteiger charge is -2.28. The quantitative estimate of drug-likeness (QED) is 0.207. The third-order valence-corrected chi connectivity index (χ3v) is 8.44. The molecule has 212 valence electrons. The number of carboxylic acids is 1. The summed E-state index contributed by atoms with van der Waals surface area (Å²) < 4.78 is 8.90. The number of aliphatic carboxylic acids is 1. The van der Waals surface area contributed by atoms with Crippen LogP contribution in [0.1, 0.15) is 38.0 Å². The number of rotatable bonds is 6. The van der Waals surface area contributed by atoms with Crippen molar-refractivity contribution in [3.8, 4) is 33.0 Å². The highest BCUT2D eigenvalue weighted by atomic mass is 35.5. The Balaban J connectivity index is 1.59. The Morgan fingerprint density at radius 1 is 1.05 bits per heavy atom. The fourth-order valence-corrected chi connectivity index (χ4v) is 6.52. The average Bonchev–Trinajstić information content (AvgIpc) is 3.52. The molecule has 0 amide bonds. The van der Waals surface area contributed by atoms with Gasteiger partial charge in [0.1, 0.15) is 10.7 Å². The smallest absolute Gasteiger partial charge is 0.337 e. The lowest BCUT2D eigenvalue weighted by atomic mass is 9.91. The summed E-state index contributed by atoms with van der Waals surface area (Å²) in [7, 11) is 1.93. The van der Waals surface area contributed by atoms with Gasteiger partial charge in [-0.2, -0.15) is 5.10 Å². The van der Waals surface area contributed by atoms with E-state index in [0.29, 0.717) is 10.6 Å². The SMILES string of the molecule is Cc1cc2nc(-c3ccc4c(c3)c(-c3cccnc3)nn4C)sc2c(-c2ccc(Cl)cc2)c1C(OC(C)(C)C)C(=O)O. The molecule has 0 saturated heterocycles. The molecule has 1 atom stereocenters. The lowest BCUT2D eigenvalue weighted by Crippen LogP contribution is -2.28. The first-order valence-corrected chi connectivity index (χ1v) is 14.7. The minimum Gasteiger partial charge on any atom is -0.479 e. The molecule has 6 rings (SSSR count). The molecule has 0 aliphatic carbocycles. The summed E-state index contributed by atoms with van der Waals surface area (Å²) in [4.78, 5) is 22.0. The number of thiazole rings is 1. The molecule has 0 saturated carbocycles. The largest absolute Gasteiger partial charge is 0.479 e. The fraction of sp³-hybridized carbons (Fsp3) is 0.212. The Morgan fingerprint density at radius 2 is 1.79 bits per heavy atom. The maximum absolute atomic E-state index is 12.6. The molecule has 0 radical (unpaired) electrons. The van der Waals surface area contributed by atoms with Crippen molar-refractivity contribution in [2.24, 2.45) is 7.05 Å². The van der Waals surface area contributed by atoms with E-state index in [1.165, 1.54) is 11.3 Å². The summed E-state index contributed by atoms with van der Waals surface area (Å²) in [6.45, 7) is 7.49. The van der Waals surface area contributed by atoms with E-state index < -0.39 is 17.7 Å². The molecule has 9 heteroatoms. The van der Waals surface area contributed by atoms with Gasteiger partial charge in [0.2, 0.25) is 0 Å². The number of halogens is 1. The first-order valence-electron chi connectivity index (χ1n) is 13.5. The third-order valence-electron chi connectivity index (χ3n) is 7.05. The maximum Gasteiger partial charge on any atom is 0.337 e. The lowest BCUT2D eigenvalue weighted by molar-refractivity contribution is -0.160. The number of aromatic nitrogens is 4. The second-order valence-electron chi connectivity index (χ2n) is 11.3. The number of nitrogens with zero attached hydrogens (tertiary/aromatic N) is 4. The molecule has 0 aliphatic rings. The van der Waals surface area contributed by atoms with Gasteiger partial charge in [-0.3, -0.25) is 9.67 Å². The predicted octanol–water partition coefficient (Wildman–Crippen LogP) is 8.48. The van der Waals surface area contributed by atoms with Gasteiger partial charge in [0, 0.05) is 52.1 Å². The van der Waals surface area contributed by atoms with E-state index in [1.807, 2.05) is 94.2 Å². The van der Waals surface area contributed by atoms with Gasteiger partial charge in [0.05, 0.1) is 21.3 Å². The van der Waals surface area contributed by atoms with Crippen LogP contribution in [0.2, 0.25) is 5.02 Å². The van der Waals surface area contributed by atoms with Gasteiger partial charge in [0.25, 0.3) is 0 Å². The van der Waals surface area contributed by atoms with Crippen molar-refractivity contribution in [1.82, 2.24) is 19.7 Å². The fourth-order valence-electron chi connectivity index (χ4n) is 5.28. The molecular formula is C33H29ClN4O3S. The van der Waals surface area contributed by atoms with Crippen LogP contribution in [0.15, 0.2) is 73.1 Å². The molecule has 1 unspecified atom stereocenters. The van der Waals surface area contributed by atoms with Crippen molar-refractivity contribution in [2.45, 2.75) is 39.4 Å². The van der Waals surface area contributed by atoms with Crippen LogP contribution >= 0.6 is 22.9 Å². The minimum absolute atomic E-state index is 0.601. The molecule has 42 heavy (non-hydrogen) atoms. The van der Waals surface area contributed by atoms with Gasteiger partial charge >= 0.3 is 5.97 Å². The number of hydrogen-bond donors (Lipinski definition) is 1. The summed E-state index contributed by atoms with van der Waals surface area (Å²) in [5, 5.41) is 17.5. The Labute approximate surface area is 252 Å². The number of aryl methyl sites for hydroxylation is 2. The Morgan fingerprint density at radius 3 is 2.45 bits per heavy atom. The monoisotopic (exact) mass is 596 g/mol. The van der Waals surface area contributed by atoms with Gasteiger partial charge in [-0.1, -0.05) is 23.7 Å². The molecule has 3 aromatic carbocycles. The molecule has 3 heterocycles. The van der Waals surface area contributed by atoms with Gasteiger partial charge in [-0.25, -0.2) is 9.78 Å². The number of fused-ring (bicyclic) bond motifs is 2. The molecule has 0 bridgehead atoms. The number of hydrogen-bond acceptors (Lipinski definition) is 6. The number of carboxylic acid groups (broad SMARTS) is 1. The molecule has 0 fully saturated rings. The van der Waals surface area contributed by atoms with Crippen LogP contribution in [0.5, 0.6) is 0 Å². The first kappa shape index (κ1) is 28.0. The van der Waals surface area contributed by atoms with Crippen molar-refractivity contribution >= 4 is 50.0 Å². The Hall–Kier alpha value is -4.11. The van der Waals surface area contributed by atoms with Crippen LogP contribution in [-0.4, -0.2) is 36.4 Å². The van der Waals surface area contributed by atoms with Crippen LogP contribution < -0.4 is 0 Å². The van der Waals surface area contributed by atoms with Gasteiger partial charge in [0.15, 0.2) is 6.10 Å². The standard InChI is InChI=1S/C33H29ClN4O3S/c1-18-15-24-30(27(19-8-11-22(34)12-9-19)26(18)29(32(39)40)41-33(2,3)4)42-31(36-24)20-10-13-25-23(16-20)28(37-38(25)5)21-7-6-14-35-17-21/h6-17,29H,1-5H3,(H,39,40). The van der Waals surface area contributed by atoms with Crippen LogP contribution in [0.25, 0.3) is 54.1 Å². The van der Waals surface area contributed by atoms with Gasteiger partial charge < -0.3 is 9.84 Å². The van der Waals surface area contributed by atoms with Crippen molar-refractivity contribution in [3.63, 3.8) is 0 Å². The van der Waals surface area contributed by atoms with E-state index in [1.54, 1.807) is 6.20 Å². The molecule has 0 aliphatic heterocycles. The Kier molecular flexibility index (Phi) is 7.09. The van der Waals surface area contributed by atoms with E-state index in [-0.39, 0.29) is 0 Å². The zero-order valence-corrected chi connectivity index (χ0v) is 25.4. The normalized spacial score (nSPS) is 12.7. The van der Waals surface area contributed by atoms with E-state index in [4.69, 9.17) is 26.4 Å². The molecule has 6 aromatic rings. The predicted molar refractivity (Wildman–Crippen MR) is 169 cm³/mol. The highest BCUT2D eigenvalue weighted by molar-refractivity contribution is 7.22. The second kappa shape index (κ2) is 10.6. The van der Waals surface area contributed by atoms with Crippen molar-refractivity contribution in [2.75, 3.05) is 0 Å². The number of benzene rings is 3. The maximum atomic E-state index is 12.6. The Bertz CT molecular complexity index is 1960. The summed E-state index contributed by atoms with van der Waals surface area (Å²) in [6, 6.07) is 19.5. The number of pyridine rings is 1. The number of ether oxygens (including phenoxy) is 1. The highest BCUT2D eigenvalue weighted by Crippen LogP contribution is 2.45. The van der Waals surface area contributed by atoms with Crippen LogP contribution in [0, 0.1) is 6.92 Å². The molecule has 0 spiro atoms. The number of carbonyl (C=O) groups is 1. The van der Waals surface area contributed by atoms with E-state index >= 15 is 0 Å². The molecular weight excluding hydrogens is 568 g/mol. The van der Waals surface area contributed by atoms with E-state index in [2.05, 4.69) is 17.1 Å². The third kappa shape index (κ3) is 5.17. The van der Waals surface area contributed by atoms with Crippen LogP contribution in [0.3, 0.4) is 0 Å². The summed E-state index contributed by atoms with van der Waals surface area (Å²) in [6.07, 6.45) is 2.39. The molecule has 3 aromatic heterocycles. The minimum atomic E-state index is -1.17. The topological polar surface area (TPSA) is 90.1 Å².